The van der Waals surface area contributed by atoms with Gasteiger partial charge in [0.15, 0.2) is 0 Å². The predicted octanol–water partition coefficient (Wildman–Crippen LogP) is 1.52. The maximum atomic E-state index is 9.54. The Morgan fingerprint density at radius 2 is 2.27 bits per heavy atom. The van der Waals surface area contributed by atoms with Crippen LogP contribution in [0.3, 0.4) is 0 Å². The summed E-state index contributed by atoms with van der Waals surface area (Å²) >= 11 is 0. The topological polar surface area (TPSA) is 68.9 Å². The molecule has 1 aromatic rings. The fraction of sp³-hybridized carbons (Fsp3) is 0.455. The molecular formula is C11H15N3O. The molecule has 4 nitrogen and oxygen atoms in total. The molecule has 1 rings (SSSR count). The van der Waals surface area contributed by atoms with E-state index < -0.39 is 11.6 Å². The average Bonchev–Trinajstić information content (AvgIpc) is 2.18. The number of aliphatic hydroxyl groups excluding tert-OH is 1. The van der Waals surface area contributed by atoms with Gasteiger partial charge in [-0.05, 0) is 26.8 Å². The van der Waals surface area contributed by atoms with Crippen molar-refractivity contribution in [1.29, 1.82) is 5.26 Å². The highest BCUT2D eigenvalue weighted by Crippen LogP contribution is 2.20. The van der Waals surface area contributed by atoms with E-state index in [-0.39, 0.29) is 0 Å². The molecule has 0 saturated carbocycles. The van der Waals surface area contributed by atoms with Crippen LogP contribution in [0.2, 0.25) is 0 Å². The Balaban J connectivity index is 2.95. The lowest BCUT2D eigenvalue weighted by molar-refractivity contribution is 0.133. The fourth-order valence-electron chi connectivity index (χ4n) is 1.04. The van der Waals surface area contributed by atoms with Gasteiger partial charge in [0, 0.05) is 6.20 Å². The second-order valence-electron chi connectivity index (χ2n) is 4.06. The Hall–Kier alpha value is -1.60. The molecule has 1 unspecified atom stereocenters. The zero-order valence-electron chi connectivity index (χ0n) is 9.15. The lowest BCUT2D eigenvalue weighted by Crippen LogP contribution is -2.42. The van der Waals surface area contributed by atoms with Crippen LogP contribution in [0.4, 0.5) is 5.69 Å². The molecule has 15 heavy (non-hydrogen) atoms. The molecule has 0 bridgehead atoms. The number of pyridine rings is 1. The van der Waals surface area contributed by atoms with Crippen molar-refractivity contribution in [2.45, 2.75) is 32.4 Å². The smallest absolute Gasteiger partial charge is 0.101 e. The van der Waals surface area contributed by atoms with Crippen LogP contribution in [-0.4, -0.2) is 21.7 Å². The van der Waals surface area contributed by atoms with Gasteiger partial charge in [0.25, 0.3) is 0 Å². The maximum absolute atomic E-state index is 9.54. The van der Waals surface area contributed by atoms with Crippen LogP contribution in [0.15, 0.2) is 18.5 Å². The van der Waals surface area contributed by atoms with Crippen molar-refractivity contribution >= 4 is 5.69 Å². The van der Waals surface area contributed by atoms with Crippen molar-refractivity contribution in [1.82, 2.24) is 4.98 Å². The van der Waals surface area contributed by atoms with Crippen LogP contribution in [-0.2, 0) is 0 Å². The van der Waals surface area contributed by atoms with E-state index in [1.54, 1.807) is 25.4 Å². The van der Waals surface area contributed by atoms with Gasteiger partial charge in [-0.3, -0.25) is 4.98 Å². The summed E-state index contributed by atoms with van der Waals surface area (Å²) in [6.45, 7) is 5.44. The van der Waals surface area contributed by atoms with Gasteiger partial charge in [0.1, 0.15) is 6.07 Å². The van der Waals surface area contributed by atoms with Crippen LogP contribution in [0.5, 0.6) is 0 Å². The monoisotopic (exact) mass is 205 g/mol. The normalized spacial score (nSPS) is 13.0. The Labute approximate surface area is 89.6 Å². The summed E-state index contributed by atoms with van der Waals surface area (Å²) < 4.78 is 0. The van der Waals surface area contributed by atoms with E-state index in [1.807, 2.05) is 13.8 Å². The Morgan fingerprint density at radius 1 is 1.60 bits per heavy atom. The number of anilines is 1. The molecule has 1 atom stereocenters. The molecule has 0 aromatic carbocycles. The summed E-state index contributed by atoms with van der Waals surface area (Å²) in [5, 5.41) is 21.5. The molecule has 0 aliphatic rings. The molecule has 0 radical (unpaired) electrons. The third kappa shape index (κ3) is 2.67. The first-order valence-electron chi connectivity index (χ1n) is 4.77. The number of nitrogens with one attached hydrogen (secondary N) is 1. The number of hydrogen-bond acceptors (Lipinski definition) is 4. The average molecular weight is 205 g/mol. The minimum atomic E-state index is -0.524. The van der Waals surface area contributed by atoms with Crippen LogP contribution in [0.1, 0.15) is 26.3 Å². The maximum Gasteiger partial charge on any atom is 0.101 e. The Bertz CT molecular complexity index is 380. The number of hydrogen-bond donors (Lipinski definition) is 2. The predicted molar refractivity (Wildman–Crippen MR) is 58.3 cm³/mol. The summed E-state index contributed by atoms with van der Waals surface area (Å²) in [6, 6.07) is 3.71. The van der Waals surface area contributed by atoms with E-state index in [4.69, 9.17) is 5.26 Å². The van der Waals surface area contributed by atoms with Gasteiger partial charge < -0.3 is 10.4 Å². The van der Waals surface area contributed by atoms with Crippen molar-refractivity contribution in [2.75, 3.05) is 5.32 Å². The summed E-state index contributed by atoms with van der Waals surface area (Å²) in [6.07, 6.45) is 2.63. The summed E-state index contributed by atoms with van der Waals surface area (Å²) in [5.74, 6) is 0. The third-order valence-corrected chi connectivity index (χ3v) is 2.44. The molecule has 4 heteroatoms. The van der Waals surface area contributed by atoms with Crippen molar-refractivity contribution in [3.63, 3.8) is 0 Å². The molecule has 2 N–H and O–H groups in total. The first-order chi connectivity index (χ1) is 6.97. The number of nitrogens with zero attached hydrogens (tertiary/aromatic N) is 2. The first-order valence-corrected chi connectivity index (χ1v) is 4.77. The molecule has 80 valence electrons. The van der Waals surface area contributed by atoms with Gasteiger partial charge in [0.2, 0.25) is 0 Å². The van der Waals surface area contributed by atoms with E-state index in [0.717, 1.165) is 0 Å². The highest BCUT2D eigenvalue weighted by atomic mass is 16.3. The van der Waals surface area contributed by atoms with E-state index in [2.05, 4.69) is 16.4 Å². The van der Waals surface area contributed by atoms with E-state index in [1.165, 1.54) is 0 Å². The molecule has 0 fully saturated rings. The zero-order valence-corrected chi connectivity index (χ0v) is 9.15. The van der Waals surface area contributed by atoms with Crippen LogP contribution in [0, 0.1) is 11.3 Å². The van der Waals surface area contributed by atoms with Crippen LogP contribution < -0.4 is 5.32 Å². The zero-order chi connectivity index (χ0) is 11.5. The van der Waals surface area contributed by atoms with Crippen LogP contribution >= 0.6 is 0 Å². The van der Waals surface area contributed by atoms with Gasteiger partial charge >= 0.3 is 0 Å². The SMILES string of the molecule is CC(O)C(C)(C)Nc1cnccc1C#N. The number of rotatable bonds is 3. The number of aromatic nitrogens is 1. The standard InChI is InChI=1S/C11H15N3O/c1-8(15)11(2,3)14-10-7-13-5-4-9(10)6-12/h4-5,7-8,14-15H,1-3H3. The van der Waals surface area contributed by atoms with Crippen molar-refractivity contribution in [2.24, 2.45) is 0 Å². The summed E-state index contributed by atoms with van der Waals surface area (Å²) in [7, 11) is 0. The summed E-state index contributed by atoms with van der Waals surface area (Å²) in [4.78, 5) is 3.94. The van der Waals surface area contributed by atoms with Gasteiger partial charge in [0.05, 0.1) is 29.1 Å². The van der Waals surface area contributed by atoms with Crippen LogP contribution in [0.25, 0.3) is 0 Å². The molecule has 1 heterocycles. The van der Waals surface area contributed by atoms with E-state index in [9.17, 15) is 5.11 Å². The number of nitriles is 1. The number of aliphatic hydroxyl groups is 1. The molecule has 1 aromatic heterocycles. The minimum absolute atomic E-state index is 0.491. The van der Waals surface area contributed by atoms with Gasteiger partial charge in [-0.2, -0.15) is 5.26 Å². The minimum Gasteiger partial charge on any atom is -0.391 e. The first kappa shape index (κ1) is 11.5. The molecule has 0 aliphatic heterocycles. The quantitative estimate of drug-likeness (QED) is 0.785. The van der Waals surface area contributed by atoms with Gasteiger partial charge in [-0.15, -0.1) is 0 Å². The molecule has 0 aliphatic carbocycles. The molecule has 0 spiro atoms. The highest BCUT2D eigenvalue weighted by molar-refractivity contribution is 5.56. The van der Waals surface area contributed by atoms with Crippen molar-refractivity contribution in [3.05, 3.63) is 24.0 Å². The largest absolute Gasteiger partial charge is 0.391 e. The van der Waals surface area contributed by atoms with E-state index in [0.29, 0.717) is 11.3 Å². The molecular weight excluding hydrogens is 190 g/mol. The molecule has 0 amide bonds. The fourth-order valence-corrected chi connectivity index (χ4v) is 1.04. The van der Waals surface area contributed by atoms with Crippen molar-refractivity contribution < 1.29 is 5.11 Å². The van der Waals surface area contributed by atoms with Gasteiger partial charge in [-0.25, -0.2) is 0 Å². The third-order valence-electron chi connectivity index (χ3n) is 2.44. The van der Waals surface area contributed by atoms with E-state index >= 15 is 0 Å². The van der Waals surface area contributed by atoms with Gasteiger partial charge in [-0.1, -0.05) is 0 Å². The lowest BCUT2D eigenvalue weighted by atomic mass is 9.98. The lowest BCUT2D eigenvalue weighted by Gasteiger charge is -2.30. The highest BCUT2D eigenvalue weighted by Gasteiger charge is 2.24. The Kier molecular flexibility index (Phi) is 3.28. The Morgan fingerprint density at radius 3 is 2.80 bits per heavy atom. The molecule has 0 saturated heterocycles. The summed E-state index contributed by atoms with van der Waals surface area (Å²) in [5.41, 5.74) is 0.680. The van der Waals surface area contributed by atoms with Crippen molar-refractivity contribution in [3.8, 4) is 6.07 Å². The second kappa shape index (κ2) is 4.28. The second-order valence-corrected chi connectivity index (χ2v) is 4.06.